The van der Waals surface area contributed by atoms with Crippen LogP contribution in [0, 0.1) is 6.92 Å². The number of benzene rings is 2. The summed E-state index contributed by atoms with van der Waals surface area (Å²) in [4.78, 5) is 11.1. The van der Waals surface area contributed by atoms with Crippen molar-refractivity contribution < 1.29 is 4.79 Å². The van der Waals surface area contributed by atoms with Crippen LogP contribution < -0.4 is 0 Å². The third kappa shape index (κ3) is 3.24. The van der Waals surface area contributed by atoms with Gasteiger partial charge in [0.15, 0.2) is 0 Å². The Balaban J connectivity index is 2.65. The van der Waals surface area contributed by atoms with Crippen LogP contribution in [0.3, 0.4) is 0 Å². The Morgan fingerprint density at radius 3 is 2.14 bits per heavy atom. The van der Waals surface area contributed by atoms with E-state index >= 15 is 0 Å². The molecule has 0 atom stereocenters. The molecule has 0 bridgehead atoms. The van der Waals surface area contributed by atoms with E-state index in [4.69, 9.17) is 0 Å². The predicted molar refractivity (Wildman–Crippen MR) is 90.2 cm³/mol. The molecular formula is C20H24O. The molecule has 0 unspecified atom stereocenters. The number of carbonyl (C=O) groups is 1. The Morgan fingerprint density at radius 2 is 1.57 bits per heavy atom. The predicted octanol–water partition coefficient (Wildman–Crippen LogP) is 5.72. The Labute approximate surface area is 128 Å². The lowest BCUT2D eigenvalue weighted by Crippen LogP contribution is -1.98. The molecule has 2 rings (SSSR count). The molecule has 0 saturated carbocycles. The standard InChI is InChI=1S/C20H24O/c1-13(2)17-8-9-18(19(11-17)14(3)4)20-10-16(12-21)7-6-15(20)5/h6-14H,1-5H3. The Kier molecular flexibility index (Phi) is 4.62. The molecule has 0 aromatic heterocycles. The monoisotopic (exact) mass is 280 g/mol. The van der Waals surface area contributed by atoms with Crippen molar-refractivity contribution in [3.05, 3.63) is 58.7 Å². The lowest BCUT2D eigenvalue weighted by molar-refractivity contribution is 0.112. The van der Waals surface area contributed by atoms with Crippen LogP contribution in [0.25, 0.3) is 11.1 Å². The molecule has 0 radical (unpaired) electrons. The van der Waals surface area contributed by atoms with Gasteiger partial charge in [-0.05, 0) is 52.6 Å². The highest BCUT2D eigenvalue weighted by Crippen LogP contribution is 2.34. The van der Waals surface area contributed by atoms with Crippen LogP contribution in [0.15, 0.2) is 36.4 Å². The van der Waals surface area contributed by atoms with E-state index in [2.05, 4.69) is 52.8 Å². The molecule has 1 heteroatoms. The van der Waals surface area contributed by atoms with Crippen LogP contribution in [-0.2, 0) is 0 Å². The molecule has 2 aromatic rings. The summed E-state index contributed by atoms with van der Waals surface area (Å²) in [6, 6.07) is 12.6. The SMILES string of the molecule is Cc1ccc(C=O)cc1-c1ccc(C(C)C)cc1C(C)C. The zero-order valence-corrected chi connectivity index (χ0v) is 13.6. The van der Waals surface area contributed by atoms with E-state index in [0.29, 0.717) is 11.8 Å². The fraction of sp³-hybridized carbons (Fsp3) is 0.350. The van der Waals surface area contributed by atoms with Crippen LogP contribution in [0.1, 0.15) is 66.6 Å². The smallest absolute Gasteiger partial charge is 0.150 e. The molecule has 2 aromatic carbocycles. The lowest BCUT2D eigenvalue weighted by atomic mass is 9.87. The number of aldehydes is 1. The zero-order chi connectivity index (χ0) is 15.6. The van der Waals surface area contributed by atoms with Crippen molar-refractivity contribution in [1.82, 2.24) is 0 Å². The summed E-state index contributed by atoms with van der Waals surface area (Å²) in [6.45, 7) is 11.0. The minimum atomic E-state index is 0.456. The first kappa shape index (κ1) is 15.5. The van der Waals surface area contributed by atoms with Crippen molar-refractivity contribution >= 4 is 6.29 Å². The second-order valence-electron chi connectivity index (χ2n) is 6.35. The van der Waals surface area contributed by atoms with Crippen molar-refractivity contribution in [3.8, 4) is 11.1 Å². The first-order valence-corrected chi connectivity index (χ1v) is 7.64. The summed E-state index contributed by atoms with van der Waals surface area (Å²) in [7, 11) is 0. The summed E-state index contributed by atoms with van der Waals surface area (Å²) >= 11 is 0. The maximum Gasteiger partial charge on any atom is 0.150 e. The molecular weight excluding hydrogens is 256 g/mol. The average Bonchev–Trinajstić information content (AvgIpc) is 2.47. The van der Waals surface area contributed by atoms with E-state index in [-0.39, 0.29) is 0 Å². The van der Waals surface area contributed by atoms with E-state index in [1.165, 1.54) is 27.8 Å². The molecule has 0 spiro atoms. The van der Waals surface area contributed by atoms with Gasteiger partial charge in [-0.15, -0.1) is 0 Å². The van der Waals surface area contributed by atoms with Gasteiger partial charge in [0.2, 0.25) is 0 Å². The van der Waals surface area contributed by atoms with E-state index in [9.17, 15) is 4.79 Å². The van der Waals surface area contributed by atoms with Gasteiger partial charge in [0, 0.05) is 5.56 Å². The number of hydrogen-bond acceptors (Lipinski definition) is 1. The molecule has 0 heterocycles. The molecule has 21 heavy (non-hydrogen) atoms. The Morgan fingerprint density at radius 1 is 0.857 bits per heavy atom. The van der Waals surface area contributed by atoms with Crippen LogP contribution in [0.4, 0.5) is 0 Å². The normalized spacial score (nSPS) is 11.2. The van der Waals surface area contributed by atoms with Crippen LogP contribution >= 0.6 is 0 Å². The Hall–Kier alpha value is -1.89. The lowest BCUT2D eigenvalue weighted by Gasteiger charge is -2.18. The van der Waals surface area contributed by atoms with Crippen molar-refractivity contribution in [1.29, 1.82) is 0 Å². The third-order valence-corrected chi connectivity index (χ3v) is 4.05. The van der Waals surface area contributed by atoms with Crippen molar-refractivity contribution in [2.75, 3.05) is 0 Å². The van der Waals surface area contributed by atoms with Crippen LogP contribution in [-0.4, -0.2) is 6.29 Å². The fourth-order valence-electron chi connectivity index (χ4n) is 2.67. The molecule has 0 aliphatic heterocycles. The quantitative estimate of drug-likeness (QED) is 0.654. The highest BCUT2D eigenvalue weighted by Gasteiger charge is 2.13. The molecule has 0 aliphatic carbocycles. The molecule has 0 fully saturated rings. The average molecular weight is 280 g/mol. The third-order valence-electron chi connectivity index (χ3n) is 4.05. The fourth-order valence-corrected chi connectivity index (χ4v) is 2.67. The minimum absolute atomic E-state index is 0.456. The number of carbonyl (C=O) groups excluding carboxylic acids is 1. The molecule has 1 nitrogen and oxygen atoms in total. The van der Waals surface area contributed by atoms with Crippen LogP contribution in [0.5, 0.6) is 0 Å². The second-order valence-corrected chi connectivity index (χ2v) is 6.35. The van der Waals surface area contributed by atoms with Gasteiger partial charge >= 0.3 is 0 Å². The highest BCUT2D eigenvalue weighted by atomic mass is 16.1. The molecule has 110 valence electrons. The number of aryl methyl sites for hydroxylation is 1. The molecule has 0 saturated heterocycles. The van der Waals surface area contributed by atoms with Gasteiger partial charge in [0.05, 0.1) is 0 Å². The zero-order valence-electron chi connectivity index (χ0n) is 13.6. The maximum absolute atomic E-state index is 11.1. The Bertz CT molecular complexity index is 651. The van der Waals surface area contributed by atoms with Gasteiger partial charge in [-0.3, -0.25) is 4.79 Å². The van der Waals surface area contributed by atoms with Gasteiger partial charge in [0.25, 0.3) is 0 Å². The summed E-state index contributed by atoms with van der Waals surface area (Å²) in [5.74, 6) is 0.983. The summed E-state index contributed by atoms with van der Waals surface area (Å²) < 4.78 is 0. The molecule has 0 aliphatic rings. The van der Waals surface area contributed by atoms with Crippen molar-refractivity contribution in [2.45, 2.75) is 46.5 Å². The summed E-state index contributed by atoms with van der Waals surface area (Å²) in [6.07, 6.45) is 0.917. The van der Waals surface area contributed by atoms with Crippen LogP contribution in [0.2, 0.25) is 0 Å². The van der Waals surface area contributed by atoms with Crippen molar-refractivity contribution in [2.24, 2.45) is 0 Å². The van der Waals surface area contributed by atoms with Gasteiger partial charge in [-0.25, -0.2) is 0 Å². The largest absolute Gasteiger partial charge is 0.298 e. The highest BCUT2D eigenvalue weighted by molar-refractivity contribution is 5.81. The van der Waals surface area contributed by atoms with E-state index in [1.807, 2.05) is 18.2 Å². The van der Waals surface area contributed by atoms with Gasteiger partial charge in [0.1, 0.15) is 6.29 Å². The van der Waals surface area contributed by atoms with Gasteiger partial charge in [-0.1, -0.05) is 58.0 Å². The topological polar surface area (TPSA) is 17.1 Å². The van der Waals surface area contributed by atoms with E-state index in [0.717, 1.165) is 11.8 Å². The first-order valence-electron chi connectivity index (χ1n) is 7.64. The van der Waals surface area contributed by atoms with Gasteiger partial charge < -0.3 is 0 Å². The second kappa shape index (κ2) is 6.26. The van der Waals surface area contributed by atoms with Gasteiger partial charge in [-0.2, -0.15) is 0 Å². The van der Waals surface area contributed by atoms with E-state index < -0.39 is 0 Å². The van der Waals surface area contributed by atoms with Crippen molar-refractivity contribution in [3.63, 3.8) is 0 Å². The minimum Gasteiger partial charge on any atom is -0.298 e. The number of rotatable bonds is 4. The molecule has 0 N–H and O–H groups in total. The van der Waals surface area contributed by atoms with E-state index in [1.54, 1.807) is 0 Å². The number of hydrogen-bond donors (Lipinski definition) is 0. The molecule has 0 amide bonds. The first-order chi connectivity index (χ1) is 9.93. The summed E-state index contributed by atoms with van der Waals surface area (Å²) in [5.41, 5.74) is 7.08. The summed E-state index contributed by atoms with van der Waals surface area (Å²) in [5, 5.41) is 0. The maximum atomic E-state index is 11.1.